The van der Waals surface area contributed by atoms with E-state index >= 15 is 0 Å². The third-order valence-corrected chi connectivity index (χ3v) is 8.95. The van der Waals surface area contributed by atoms with Gasteiger partial charge in [0.2, 0.25) is 11.0 Å². The van der Waals surface area contributed by atoms with E-state index in [-0.39, 0.29) is 28.8 Å². The van der Waals surface area contributed by atoms with E-state index in [9.17, 15) is 14.9 Å². The van der Waals surface area contributed by atoms with Gasteiger partial charge < -0.3 is 15.8 Å². The van der Waals surface area contributed by atoms with E-state index in [1.165, 1.54) is 23.1 Å². The van der Waals surface area contributed by atoms with Gasteiger partial charge in [-0.2, -0.15) is 5.26 Å². The molecule has 11 heteroatoms. The molecule has 5 rings (SSSR count). The zero-order valence-electron chi connectivity index (χ0n) is 22.4. The van der Waals surface area contributed by atoms with E-state index in [0.717, 1.165) is 28.1 Å². The highest BCUT2D eigenvalue weighted by Crippen LogP contribution is 2.47. The van der Waals surface area contributed by atoms with Crippen molar-refractivity contribution in [2.24, 2.45) is 5.73 Å². The second-order valence-corrected chi connectivity index (χ2v) is 11.8. The average Bonchev–Trinajstić information content (AvgIpc) is 3.41. The minimum absolute atomic E-state index is 0.0125. The number of hydrogen-bond donors (Lipinski definition) is 2. The number of thioether (sulfide) groups is 1. The Morgan fingerprint density at radius 1 is 1.25 bits per heavy atom. The number of ketones is 1. The second-order valence-electron chi connectivity index (χ2n) is 9.60. The van der Waals surface area contributed by atoms with Crippen LogP contribution in [-0.4, -0.2) is 34.8 Å². The normalized spacial score (nSPS) is 17.0. The predicted molar refractivity (Wildman–Crippen MR) is 156 cm³/mol. The number of nitrogens with zero attached hydrogens (tertiary/aromatic N) is 4. The maximum Gasteiger partial charge on any atom is 0.234 e. The lowest BCUT2D eigenvalue weighted by Gasteiger charge is -2.38. The van der Waals surface area contributed by atoms with Crippen molar-refractivity contribution >= 4 is 45.6 Å². The number of nitrogens with one attached hydrogen (secondary N) is 1. The molecule has 1 aliphatic carbocycles. The molecule has 0 fully saturated rings. The number of nitrogens with two attached hydrogens (primary N) is 1. The fourth-order valence-corrected chi connectivity index (χ4v) is 6.76. The first-order valence-electron chi connectivity index (χ1n) is 12.7. The Labute approximate surface area is 240 Å². The molecule has 0 bridgehead atoms. The minimum Gasteiger partial charge on any atom is -0.497 e. The number of hydrogen-bond acceptors (Lipinski definition) is 10. The van der Waals surface area contributed by atoms with Crippen LogP contribution in [0.3, 0.4) is 0 Å². The van der Waals surface area contributed by atoms with Crippen LogP contribution in [0.25, 0.3) is 0 Å². The molecule has 1 aliphatic heterocycles. The highest BCUT2D eigenvalue weighted by atomic mass is 32.2. The molecule has 1 aromatic heterocycles. The topological polar surface area (TPSA) is 134 Å². The standard InChI is InChI=1S/C29H28N6O3S2/c1-16-10-11-21(17(2)12-16)32-24(37)15-39-29-34-33-28(40-29)35-22-8-5-9-23(36)26(22)25(20(14-30)27(35)31)18-6-4-7-19(13-18)38-3/h4,6-7,10-13,25H,5,8-9,15,31H2,1-3H3,(H,32,37). The van der Waals surface area contributed by atoms with Gasteiger partial charge in [-0.25, -0.2) is 0 Å². The number of carbonyl (C=O) groups excluding carboxylic acids is 2. The first-order chi connectivity index (χ1) is 19.3. The number of aromatic nitrogens is 2. The Bertz CT molecular complexity index is 1600. The van der Waals surface area contributed by atoms with Gasteiger partial charge in [0.25, 0.3) is 0 Å². The second kappa shape index (κ2) is 11.5. The molecule has 0 radical (unpaired) electrons. The van der Waals surface area contributed by atoms with Crippen molar-refractivity contribution in [1.82, 2.24) is 10.2 Å². The van der Waals surface area contributed by atoms with Gasteiger partial charge in [-0.1, -0.05) is 52.9 Å². The van der Waals surface area contributed by atoms with E-state index in [4.69, 9.17) is 10.5 Å². The van der Waals surface area contributed by atoms with Crippen LogP contribution in [0.15, 0.2) is 69.5 Å². The van der Waals surface area contributed by atoms with Gasteiger partial charge in [0.05, 0.1) is 30.4 Å². The number of Topliss-reactive ketones (excluding diaryl/α,β-unsaturated/α-hetero) is 1. The third kappa shape index (κ3) is 5.33. The van der Waals surface area contributed by atoms with Crippen LogP contribution in [0.1, 0.15) is 41.9 Å². The average molecular weight is 573 g/mol. The highest BCUT2D eigenvalue weighted by Gasteiger charge is 2.41. The van der Waals surface area contributed by atoms with Gasteiger partial charge in [-0.15, -0.1) is 10.2 Å². The van der Waals surface area contributed by atoms with E-state index in [1.54, 1.807) is 12.0 Å². The van der Waals surface area contributed by atoms with Gasteiger partial charge in [-0.05, 0) is 56.0 Å². The van der Waals surface area contributed by atoms with Crippen LogP contribution in [0.5, 0.6) is 5.75 Å². The molecule has 3 aromatic rings. The number of methoxy groups -OCH3 is 1. The van der Waals surface area contributed by atoms with Crippen molar-refractivity contribution in [3.05, 3.63) is 81.8 Å². The van der Waals surface area contributed by atoms with Crippen LogP contribution in [0.4, 0.5) is 10.8 Å². The molecule has 1 amide bonds. The summed E-state index contributed by atoms with van der Waals surface area (Å²) in [4.78, 5) is 27.6. The highest BCUT2D eigenvalue weighted by molar-refractivity contribution is 8.01. The number of anilines is 2. The first-order valence-corrected chi connectivity index (χ1v) is 14.5. The predicted octanol–water partition coefficient (Wildman–Crippen LogP) is 5.20. The quantitative estimate of drug-likeness (QED) is 0.366. The maximum atomic E-state index is 13.3. The van der Waals surface area contributed by atoms with Crippen molar-refractivity contribution < 1.29 is 14.3 Å². The van der Waals surface area contributed by atoms with Crippen LogP contribution in [0, 0.1) is 25.2 Å². The summed E-state index contributed by atoms with van der Waals surface area (Å²) in [6.45, 7) is 3.96. The Morgan fingerprint density at radius 3 is 2.83 bits per heavy atom. The van der Waals surface area contributed by atoms with Crippen molar-refractivity contribution in [3.63, 3.8) is 0 Å². The molecule has 40 heavy (non-hydrogen) atoms. The van der Waals surface area contributed by atoms with Gasteiger partial charge in [0.1, 0.15) is 11.6 Å². The van der Waals surface area contributed by atoms with Gasteiger partial charge in [-0.3, -0.25) is 14.5 Å². The Balaban J connectivity index is 1.42. The van der Waals surface area contributed by atoms with Crippen molar-refractivity contribution in [3.8, 4) is 11.8 Å². The zero-order valence-corrected chi connectivity index (χ0v) is 24.0. The van der Waals surface area contributed by atoms with Gasteiger partial charge in [0, 0.05) is 23.4 Å². The molecular formula is C29H28N6O3S2. The summed E-state index contributed by atoms with van der Waals surface area (Å²) in [6, 6.07) is 15.5. The van der Waals surface area contributed by atoms with E-state index in [2.05, 4.69) is 21.6 Å². The summed E-state index contributed by atoms with van der Waals surface area (Å²) in [5.41, 5.74) is 11.9. The SMILES string of the molecule is COc1cccc(C2C(C#N)=C(N)N(c3nnc(SCC(=O)Nc4ccc(C)cc4C)s3)C3=C2C(=O)CCC3)c1. The molecule has 1 atom stereocenters. The monoisotopic (exact) mass is 572 g/mol. The van der Waals surface area contributed by atoms with Crippen LogP contribution in [0.2, 0.25) is 0 Å². The van der Waals surface area contributed by atoms with Gasteiger partial charge in [0.15, 0.2) is 10.1 Å². The number of allylic oxidation sites excluding steroid dienone is 3. The number of amides is 1. The molecule has 1 unspecified atom stereocenters. The summed E-state index contributed by atoms with van der Waals surface area (Å²) in [6.07, 6.45) is 1.69. The lowest BCUT2D eigenvalue weighted by Crippen LogP contribution is -2.38. The molecule has 2 heterocycles. The zero-order chi connectivity index (χ0) is 28.4. The summed E-state index contributed by atoms with van der Waals surface area (Å²) in [5, 5.41) is 22.2. The van der Waals surface area contributed by atoms with Crippen molar-refractivity contribution in [2.45, 2.75) is 43.4 Å². The summed E-state index contributed by atoms with van der Waals surface area (Å²) >= 11 is 2.54. The number of carbonyl (C=O) groups is 2. The van der Waals surface area contributed by atoms with Crippen LogP contribution >= 0.6 is 23.1 Å². The first kappa shape index (κ1) is 27.4. The molecule has 3 N–H and O–H groups in total. The lowest BCUT2D eigenvalue weighted by atomic mass is 9.76. The lowest BCUT2D eigenvalue weighted by molar-refractivity contribution is -0.116. The molecule has 0 saturated carbocycles. The molecular weight excluding hydrogens is 544 g/mol. The number of aryl methyl sites for hydroxylation is 2. The van der Waals surface area contributed by atoms with E-state index < -0.39 is 5.92 Å². The third-order valence-electron chi connectivity index (χ3n) is 6.91. The summed E-state index contributed by atoms with van der Waals surface area (Å²) < 4.78 is 5.97. The fraction of sp³-hybridized carbons (Fsp3) is 0.276. The van der Waals surface area contributed by atoms with Crippen LogP contribution in [-0.2, 0) is 9.59 Å². The molecule has 9 nitrogen and oxygen atoms in total. The number of benzene rings is 2. The van der Waals surface area contributed by atoms with E-state index in [0.29, 0.717) is 40.1 Å². The molecule has 2 aromatic carbocycles. The largest absolute Gasteiger partial charge is 0.497 e. The summed E-state index contributed by atoms with van der Waals surface area (Å²) in [5.74, 6) is 0.261. The smallest absolute Gasteiger partial charge is 0.234 e. The summed E-state index contributed by atoms with van der Waals surface area (Å²) in [7, 11) is 1.58. The van der Waals surface area contributed by atoms with Crippen molar-refractivity contribution in [1.29, 1.82) is 5.26 Å². The number of nitriles is 1. The van der Waals surface area contributed by atoms with Crippen LogP contribution < -0.4 is 20.7 Å². The molecule has 2 aliphatic rings. The van der Waals surface area contributed by atoms with Gasteiger partial charge >= 0.3 is 0 Å². The number of rotatable bonds is 7. The fourth-order valence-electron chi connectivity index (χ4n) is 5.08. The molecule has 204 valence electrons. The van der Waals surface area contributed by atoms with E-state index in [1.807, 2.05) is 56.3 Å². The Morgan fingerprint density at radius 2 is 2.08 bits per heavy atom. The van der Waals surface area contributed by atoms with Crippen molar-refractivity contribution in [2.75, 3.05) is 23.1 Å². The Hall–Kier alpha value is -4.14. The maximum absolute atomic E-state index is 13.3. The number of ether oxygens (including phenoxy) is 1. The molecule has 0 saturated heterocycles. The molecule has 0 spiro atoms. The Kier molecular flexibility index (Phi) is 7.91. The minimum atomic E-state index is -0.588.